The summed E-state index contributed by atoms with van der Waals surface area (Å²) in [5.41, 5.74) is 0.712. The highest BCUT2D eigenvalue weighted by Gasteiger charge is 2.70. The predicted molar refractivity (Wildman–Crippen MR) is 187 cm³/mol. The van der Waals surface area contributed by atoms with Crippen molar-refractivity contribution in [3.05, 3.63) is 23.8 Å². The SMILES string of the molecule is C=C1[C@H]2C3=CC[C@@H]4[C@@]5(C)CC[C@H](O[C@@H]6OC[C@H](O)[C@@H](O)[C@H]6O)C(C)(C)[C@@H]5CC[C@@]4(C)[C@]3(C)CC[C@@]2(C(=O)O[C@H]2O[C@@H](O)[C@H](O)[C@@H](O)[C@@H]2O)CC[C@H]1C. The molecule has 5 aliphatic carbocycles. The van der Waals surface area contributed by atoms with E-state index < -0.39 is 66.9 Å². The molecule has 18 atom stereocenters. The van der Waals surface area contributed by atoms with E-state index in [1.54, 1.807) is 0 Å². The van der Waals surface area contributed by atoms with E-state index in [1.165, 1.54) is 5.57 Å². The first-order valence-electron chi connectivity index (χ1n) is 19.5. The summed E-state index contributed by atoms with van der Waals surface area (Å²) in [7, 11) is 0. The summed E-state index contributed by atoms with van der Waals surface area (Å²) in [5, 5.41) is 72.0. The lowest BCUT2D eigenvalue weighted by molar-refractivity contribution is -0.334. The summed E-state index contributed by atoms with van der Waals surface area (Å²) in [6.07, 6.45) is -4.04. The van der Waals surface area contributed by atoms with Crippen molar-refractivity contribution >= 4 is 5.97 Å². The fraction of sp³-hybridized carbons (Fsp3) is 0.875. The first-order chi connectivity index (χ1) is 24.2. The summed E-state index contributed by atoms with van der Waals surface area (Å²) in [6, 6.07) is 0. The molecule has 0 spiro atoms. The van der Waals surface area contributed by atoms with Crippen molar-refractivity contribution in [2.45, 2.75) is 161 Å². The normalized spacial score (nSPS) is 54.5. The second-order valence-corrected chi connectivity index (χ2v) is 18.9. The molecule has 0 radical (unpaired) electrons. The number of rotatable bonds is 4. The molecule has 6 fully saturated rings. The zero-order chi connectivity index (χ0) is 37.9. The molecule has 12 nitrogen and oxygen atoms in total. The number of hydrogen-bond acceptors (Lipinski definition) is 12. The van der Waals surface area contributed by atoms with Gasteiger partial charge in [-0.15, -0.1) is 0 Å². The van der Waals surface area contributed by atoms with Crippen molar-refractivity contribution in [3.63, 3.8) is 0 Å². The molecule has 7 rings (SSSR count). The molecule has 4 saturated carbocycles. The number of fused-ring (bicyclic) bond motifs is 7. The van der Waals surface area contributed by atoms with Crippen molar-refractivity contribution in [3.8, 4) is 0 Å². The number of carbonyl (C=O) groups excluding carboxylic acids is 1. The van der Waals surface area contributed by atoms with E-state index in [9.17, 15) is 40.5 Å². The molecule has 2 aliphatic heterocycles. The Kier molecular flexibility index (Phi) is 9.75. The van der Waals surface area contributed by atoms with Crippen LogP contribution in [0.4, 0.5) is 0 Å². The van der Waals surface area contributed by atoms with Crippen molar-refractivity contribution in [1.82, 2.24) is 0 Å². The molecule has 12 heteroatoms. The van der Waals surface area contributed by atoms with Gasteiger partial charge in [-0.1, -0.05) is 65.3 Å². The Labute approximate surface area is 307 Å². The van der Waals surface area contributed by atoms with Crippen LogP contribution in [0, 0.1) is 50.7 Å². The van der Waals surface area contributed by atoms with Crippen LogP contribution >= 0.6 is 0 Å². The minimum absolute atomic E-state index is 0.0197. The molecule has 52 heavy (non-hydrogen) atoms. The zero-order valence-corrected chi connectivity index (χ0v) is 31.6. The van der Waals surface area contributed by atoms with Crippen LogP contribution in [0.15, 0.2) is 23.8 Å². The molecule has 2 heterocycles. The molecule has 0 aromatic carbocycles. The number of allylic oxidation sites excluding steroid dienone is 3. The molecular formula is C40H62O12. The Morgan fingerprint density at radius 3 is 2.21 bits per heavy atom. The van der Waals surface area contributed by atoms with Crippen LogP contribution in [-0.4, -0.2) is 110 Å². The lowest BCUT2D eigenvalue weighted by Crippen LogP contribution is -2.66. The Morgan fingerprint density at radius 2 is 1.50 bits per heavy atom. The molecule has 0 aromatic heterocycles. The predicted octanol–water partition coefficient (Wildman–Crippen LogP) is 2.69. The molecular weight excluding hydrogens is 672 g/mol. The van der Waals surface area contributed by atoms with E-state index in [-0.39, 0.29) is 46.2 Å². The maximum absolute atomic E-state index is 14.4. The Balaban J connectivity index is 1.17. The quantitative estimate of drug-likeness (QED) is 0.127. The van der Waals surface area contributed by atoms with Gasteiger partial charge >= 0.3 is 5.97 Å². The van der Waals surface area contributed by atoms with Crippen LogP contribution in [0.2, 0.25) is 0 Å². The second-order valence-electron chi connectivity index (χ2n) is 18.9. The highest BCUT2D eigenvalue weighted by atomic mass is 16.8. The third-order valence-electron chi connectivity index (χ3n) is 16.3. The lowest BCUT2D eigenvalue weighted by atomic mass is 9.33. The van der Waals surface area contributed by atoms with Gasteiger partial charge in [0.2, 0.25) is 6.29 Å². The maximum atomic E-state index is 14.4. The van der Waals surface area contributed by atoms with Crippen molar-refractivity contribution in [1.29, 1.82) is 0 Å². The van der Waals surface area contributed by atoms with Crippen LogP contribution in [0.1, 0.15) is 99.3 Å². The topological polar surface area (TPSA) is 196 Å². The van der Waals surface area contributed by atoms with Crippen LogP contribution in [0.5, 0.6) is 0 Å². The van der Waals surface area contributed by atoms with Gasteiger partial charge in [-0.3, -0.25) is 4.79 Å². The van der Waals surface area contributed by atoms with Gasteiger partial charge in [0, 0.05) is 5.92 Å². The Bertz CT molecular complexity index is 1450. The summed E-state index contributed by atoms with van der Waals surface area (Å²) in [4.78, 5) is 14.4. The fourth-order valence-corrected chi connectivity index (χ4v) is 12.8. The number of aliphatic hydroxyl groups is 7. The maximum Gasteiger partial charge on any atom is 0.315 e. The zero-order valence-electron chi connectivity index (χ0n) is 31.6. The first kappa shape index (κ1) is 38.8. The van der Waals surface area contributed by atoms with Crippen LogP contribution in [0.3, 0.4) is 0 Å². The van der Waals surface area contributed by atoms with Gasteiger partial charge in [-0.25, -0.2) is 0 Å². The average Bonchev–Trinajstić information content (AvgIpc) is 3.09. The number of hydrogen-bond donors (Lipinski definition) is 7. The van der Waals surface area contributed by atoms with E-state index >= 15 is 0 Å². The number of aliphatic hydroxyl groups excluding tert-OH is 7. The van der Waals surface area contributed by atoms with Crippen molar-refractivity contribution < 1.29 is 59.5 Å². The van der Waals surface area contributed by atoms with Gasteiger partial charge < -0.3 is 54.7 Å². The monoisotopic (exact) mass is 734 g/mol. The number of esters is 1. The van der Waals surface area contributed by atoms with E-state index in [2.05, 4.69) is 54.2 Å². The molecule has 0 unspecified atom stereocenters. The third-order valence-corrected chi connectivity index (χ3v) is 16.3. The summed E-state index contributed by atoms with van der Waals surface area (Å²) < 4.78 is 23.3. The third kappa shape index (κ3) is 5.40. The summed E-state index contributed by atoms with van der Waals surface area (Å²) in [6.45, 7) is 18.5. The number of ether oxygens (including phenoxy) is 4. The van der Waals surface area contributed by atoms with Crippen molar-refractivity contribution in [2.75, 3.05) is 6.61 Å². The lowest BCUT2D eigenvalue weighted by Gasteiger charge is -2.71. The van der Waals surface area contributed by atoms with E-state index in [0.29, 0.717) is 24.7 Å². The summed E-state index contributed by atoms with van der Waals surface area (Å²) in [5.74, 6) is 0.0550. The van der Waals surface area contributed by atoms with Crippen LogP contribution in [-0.2, 0) is 23.7 Å². The molecule has 0 bridgehead atoms. The van der Waals surface area contributed by atoms with Crippen LogP contribution in [0.25, 0.3) is 0 Å². The smallest absolute Gasteiger partial charge is 0.315 e. The molecule has 0 amide bonds. The summed E-state index contributed by atoms with van der Waals surface area (Å²) >= 11 is 0. The molecule has 2 saturated heterocycles. The van der Waals surface area contributed by atoms with E-state index in [4.69, 9.17) is 18.9 Å². The first-order valence-corrected chi connectivity index (χ1v) is 19.5. The average molecular weight is 735 g/mol. The Morgan fingerprint density at radius 1 is 0.808 bits per heavy atom. The second kappa shape index (κ2) is 13.1. The van der Waals surface area contributed by atoms with Gasteiger partial charge in [0.05, 0.1) is 18.1 Å². The van der Waals surface area contributed by atoms with E-state index in [0.717, 1.165) is 50.5 Å². The Hall–Kier alpha value is -1.45. The number of carbonyl (C=O) groups is 1. The minimum atomic E-state index is -1.81. The molecule has 0 aromatic rings. The van der Waals surface area contributed by atoms with Gasteiger partial charge in [-0.05, 0) is 97.2 Å². The van der Waals surface area contributed by atoms with Crippen molar-refractivity contribution in [2.24, 2.45) is 50.7 Å². The highest BCUT2D eigenvalue weighted by Crippen LogP contribution is 2.76. The van der Waals surface area contributed by atoms with Gasteiger partial charge in [-0.2, -0.15) is 0 Å². The molecule has 7 N–H and O–H groups in total. The minimum Gasteiger partial charge on any atom is -0.432 e. The molecule has 294 valence electrons. The standard InChI is InChI=1S/C40H62O12/c1-19-10-15-40(35(48)52-34-31(46)28(43)29(44)32(47)51-34)17-16-38(6)21(26(40)20(19)2)8-9-24-37(5)13-12-25(36(3,4)23(37)11-14-39(24,38)7)50-33-30(45)27(42)22(41)18-49-33/h8,19,22-34,41-47H,2,9-18H2,1,3-7H3/t19-,22+,23+,24-,25+,26+,27-,28-,29-,30-,31+,32-,33+,34-,37+,38-,39-,40+/m1/s1. The van der Waals surface area contributed by atoms with Gasteiger partial charge in [0.15, 0.2) is 12.6 Å². The fourth-order valence-electron chi connectivity index (χ4n) is 12.8. The van der Waals surface area contributed by atoms with E-state index in [1.807, 2.05) is 0 Å². The highest BCUT2D eigenvalue weighted by molar-refractivity contribution is 5.80. The van der Waals surface area contributed by atoms with Gasteiger partial charge in [0.1, 0.15) is 36.6 Å². The van der Waals surface area contributed by atoms with Gasteiger partial charge in [0.25, 0.3) is 0 Å². The van der Waals surface area contributed by atoms with Crippen LogP contribution < -0.4 is 0 Å². The largest absolute Gasteiger partial charge is 0.432 e. The molecule has 7 aliphatic rings.